The lowest BCUT2D eigenvalue weighted by Gasteiger charge is -2.13. The third-order valence-electron chi connectivity index (χ3n) is 3.40. The molecule has 3 nitrogen and oxygen atoms in total. The van der Waals surface area contributed by atoms with Crippen molar-refractivity contribution in [3.8, 4) is 0 Å². The predicted octanol–water partition coefficient (Wildman–Crippen LogP) is 2.86. The van der Waals surface area contributed by atoms with Gasteiger partial charge in [0.15, 0.2) is 9.84 Å². The van der Waals surface area contributed by atoms with Crippen LogP contribution in [0.15, 0.2) is 23.1 Å². The van der Waals surface area contributed by atoms with E-state index < -0.39 is 9.84 Å². The smallest absolute Gasteiger partial charge is 0.178 e. The molecule has 0 saturated carbocycles. The van der Waals surface area contributed by atoms with Crippen LogP contribution in [0.2, 0.25) is 0 Å². The number of benzene rings is 1. The molecule has 0 radical (unpaired) electrons. The number of sulfone groups is 1. The predicted molar refractivity (Wildman–Crippen MR) is 80.3 cm³/mol. The lowest BCUT2D eigenvalue weighted by molar-refractivity contribution is 0.525. The summed E-state index contributed by atoms with van der Waals surface area (Å²) in [6.45, 7) is 9.00. The van der Waals surface area contributed by atoms with Gasteiger partial charge in [0.1, 0.15) is 0 Å². The molecule has 0 aliphatic heterocycles. The maximum absolute atomic E-state index is 12.2. The van der Waals surface area contributed by atoms with Crippen LogP contribution in [0, 0.1) is 13.8 Å². The van der Waals surface area contributed by atoms with E-state index in [2.05, 4.69) is 12.2 Å². The minimum absolute atomic E-state index is 0.202. The Kier molecular flexibility index (Phi) is 6.01. The summed E-state index contributed by atoms with van der Waals surface area (Å²) >= 11 is 0. The standard InChI is InChI=1S/C15H25NO2S/c1-5-9-16-14(4)8-10-19(17,18)15-7-6-12(2)13(3)11-15/h6-7,11,14,16H,5,8-10H2,1-4H3. The van der Waals surface area contributed by atoms with Crippen LogP contribution in [-0.4, -0.2) is 26.8 Å². The van der Waals surface area contributed by atoms with Crippen LogP contribution in [0.4, 0.5) is 0 Å². The first kappa shape index (κ1) is 16.2. The fraction of sp³-hybridized carbons (Fsp3) is 0.600. The fourth-order valence-corrected chi connectivity index (χ4v) is 3.38. The van der Waals surface area contributed by atoms with E-state index in [0.717, 1.165) is 24.1 Å². The van der Waals surface area contributed by atoms with Crippen LogP contribution in [0.5, 0.6) is 0 Å². The molecular weight excluding hydrogens is 258 g/mol. The third-order valence-corrected chi connectivity index (χ3v) is 5.15. The molecule has 1 N–H and O–H groups in total. The molecule has 1 atom stereocenters. The highest BCUT2D eigenvalue weighted by atomic mass is 32.2. The van der Waals surface area contributed by atoms with Crippen molar-refractivity contribution in [2.75, 3.05) is 12.3 Å². The van der Waals surface area contributed by atoms with E-state index in [1.165, 1.54) is 0 Å². The van der Waals surface area contributed by atoms with Crippen LogP contribution in [-0.2, 0) is 9.84 Å². The summed E-state index contributed by atoms with van der Waals surface area (Å²) in [4.78, 5) is 0.443. The Labute approximate surface area is 117 Å². The first-order chi connectivity index (χ1) is 8.86. The maximum atomic E-state index is 12.2. The Morgan fingerprint density at radius 1 is 1.21 bits per heavy atom. The summed E-state index contributed by atoms with van der Waals surface area (Å²) in [5, 5.41) is 3.31. The highest BCUT2D eigenvalue weighted by Crippen LogP contribution is 2.17. The summed E-state index contributed by atoms with van der Waals surface area (Å²) in [5.74, 6) is 0.202. The zero-order valence-electron chi connectivity index (χ0n) is 12.4. The molecule has 0 amide bonds. The molecular formula is C15H25NO2S. The van der Waals surface area contributed by atoms with Crippen molar-refractivity contribution in [1.82, 2.24) is 5.32 Å². The van der Waals surface area contributed by atoms with Gasteiger partial charge in [0.2, 0.25) is 0 Å². The number of rotatable bonds is 7. The van der Waals surface area contributed by atoms with E-state index in [9.17, 15) is 8.42 Å². The zero-order chi connectivity index (χ0) is 14.5. The molecule has 0 bridgehead atoms. The topological polar surface area (TPSA) is 46.2 Å². The van der Waals surface area contributed by atoms with Crippen LogP contribution in [0.25, 0.3) is 0 Å². The van der Waals surface area contributed by atoms with E-state index >= 15 is 0 Å². The molecule has 19 heavy (non-hydrogen) atoms. The molecule has 0 spiro atoms. The second-order valence-electron chi connectivity index (χ2n) is 5.21. The van der Waals surface area contributed by atoms with Gasteiger partial charge in [-0.25, -0.2) is 8.42 Å². The van der Waals surface area contributed by atoms with E-state index in [-0.39, 0.29) is 11.8 Å². The zero-order valence-corrected chi connectivity index (χ0v) is 13.2. The van der Waals surface area contributed by atoms with Crippen LogP contribution in [0.3, 0.4) is 0 Å². The van der Waals surface area contributed by atoms with Gasteiger partial charge in [-0.15, -0.1) is 0 Å². The lowest BCUT2D eigenvalue weighted by Crippen LogP contribution is -2.28. The van der Waals surface area contributed by atoms with Gasteiger partial charge in [0.25, 0.3) is 0 Å². The average molecular weight is 283 g/mol. The number of nitrogens with one attached hydrogen (secondary N) is 1. The van der Waals surface area contributed by atoms with Crippen LogP contribution in [0.1, 0.15) is 37.8 Å². The maximum Gasteiger partial charge on any atom is 0.178 e. The summed E-state index contributed by atoms with van der Waals surface area (Å²) in [7, 11) is -3.16. The van der Waals surface area contributed by atoms with Crippen molar-refractivity contribution in [2.45, 2.75) is 51.5 Å². The first-order valence-electron chi connectivity index (χ1n) is 6.90. The molecule has 0 aromatic heterocycles. The van der Waals surface area contributed by atoms with Crippen LogP contribution < -0.4 is 5.32 Å². The Morgan fingerprint density at radius 3 is 2.47 bits per heavy atom. The van der Waals surface area contributed by atoms with Crippen molar-refractivity contribution >= 4 is 9.84 Å². The molecule has 0 saturated heterocycles. The Hall–Kier alpha value is -0.870. The van der Waals surface area contributed by atoms with Crippen molar-refractivity contribution in [2.24, 2.45) is 0 Å². The van der Waals surface area contributed by atoms with Crippen molar-refractivity contribution < 1.29 is 8.42 Å². The van der Waals surface area contributed by atoms with Crippen molar-refractivity contribution in [3.63, 3.8) is 0 Å². The minimum atomic E-state index is -3.16. The monoisotopic (exact) mass is 283 g/mol. The van der Waals surface area contributed by atoms with Crippen molar-refractivity contribution in [3.05, 3.63) is 29.3 Å². The van der Waals surface area contributed by atoms with Gasteiger partial charge >= 0.3 is 0 Å². The van der Waals surface area contributed by atoms with E-state index in [4.69, 9.17) is 0 Å². The molecule has 1 aromatic carbocycles. The average Bonchev–Trinajstić information content (AvgIpc) is 2.37. The first-order valence-corrected chi connectivity index (χ1v) is 8.55. The molecule has 0 aliphatic carbocycles. The Morgan fingerprint density at radius 2 is 1.89 bits per heavy atom. The Balaban J connectivity index is 2.68. The number of hydrogen-bond donors (Lipinski definition) is 1. The fourth-order valence-electron chi connectivity index (χ4n) is 1.85. The van der Waals surface area contributed by atoms with Gasteiger partial charge in [-0.1, -0.05) is 13.0 Å². The third kappa shape index (κ3) is 4.96. The summed E-state index contributed by atoms with van der Waals surface area (Å²) < 4.78 is 24.5. The van der Waals surface area contributed by atoms with E-state index in [0.29, 0.717) is 11.3 Å². The molecule has 0 heterocycles. The minimum Gasteiger partial charge on any atom is -0.314 e. The van der Waals surface area contributed by atoms with Crippen molar-refractivity contribution in [1.29, 1.82) is 0 Å². The van der Waals surface area contributed by atoms with Gasteiger partial charge in [0, 0.05) is 6.04 Å². The molecule has 1 aromatic rings. The molecule has 0 aliphatic rings. The number of aryl methyl sites for hydroxylation is 2. The van der Waals surface area contributed by atoms with E-state index in [1.54, 1.807) is 12.1 Å². The van der Waals surface area contributed by atoms with Crippen LogP contribution >= 0.6 is 0 Å². The highest BCUT2D eigenvalue weighted by Gasteiger charge is 2.16. The van der Waals surface area contributed by atoms with Gasteiger partial charge in [0.05, 0.1) is 10.6 Å². The molecule has 1 unspecified atom stereocenters. The molecule has 1 rings (SSSR count). The van der Waals surface area contributed by atoms with Gasteiger partial charge in [-0.2, -0.15) is 0 Å². The second-order valence-corrected chi connectivity index (χ2v) is 7.32. The number of hydrogen-bond acceptors (Lipinski definition) is 3. The Bertz CT molecular complexity index is 509. The lowest BCUT2D eigenvalue weighted by atomic mass is 10.1. The molecule has 0 fully saturated rings. The largest absolute Gasteiger partial charge is 0.314 e. The SMILES string of the molecule is CCCNC(C)CCS(=O)(=O)c1ccc(C)c(C)c1. The second kappa shape index (κ2) is 7.06. The van der Waals surface area contributed by atoms with Gasteiger partial charge in [-0.3, -0.25) is 0 Å². The highest BCUT2D eigenvalue weighted by molar-refractivity contribution is 7.91. The summed E-state index contributed by atoms with van der Waals surface area (Å²) in [6, 6.07) is 5.60. The summed E-state index contributed by atoms with van der Waals surface area (Å²) in [5.41, 5.74) is 2.15. The molecule has 108 valence electrons. The van der Waals surface area contributed by atoms with E-state index in [1.807, 2.05) is 26.8 Å². The molecule has 4 heteroatoms. The quantitative estimate of drug-likeness (QED) is 0.837. The normalized spacial score (nSPS) is 13.5. The van der Waals surface area contributed by atoms with Gasteiger partial charge < -0.3 is 5.32 Å². The summed E-state index contributed by atoms with van der Waals surface area (Å²) in [6.07, 6.45) is 1.71. The van der Waals surface area contributed by atoms with Gasteiger partial charge in [-0.05, 0) is 63.4 Å².